The molecule has 1 atom stereocenters. The molecule has 0 aromatic heterocycles. The quantitative estimate of drug-likeness (QED) is 0.851. The number of rotatable bonds is 4. The van der Waals surface area contributed by atoms with E-state index in [2.05, 4.69) is 15.9 Å². The normalized spacial score (nSPS) is 11.9. The Hall–Kier alpha value is -1.36. The second-order valence-electron chi connectivity index (χ2n) is 3.34. The summed E-state index contributed by atoms with van der Waals surface area (Å²) in [6, 6.07) is 7.28. The van der Waals surface area contributed by atoms with Crippen LogP contribution in [0.5, 0.6) is 0 Å². The van der Waals surface area contributed by atoms with E-state index in [1.807, 2.05) is 12.1 Å². The van der Waals surface area contributed by atoms with Gasteiger partial charge in [-0.2, -0.15) is 0 Å². The number of ether oxygens (including phenoxy) is 1. The molecule has 1 unspecified atom stereocenters. The van der Waals surface area contributed by atoms with Gasteiger partial charge in [0.2, 0.25) is 0 Å². The fourth-order valence-electron chi connectivity index (χ4n) is 1.07. The zero-order valence-electron chi connectivity index (χ0n) is 8.77. The number of hydrogen-bond acceptors (Lipinski definition) is 3. The topological polar surface area (TPSA) is 69.4 Å². The van der Waals surface area contributed by atoms with Gasteiger partial charge in [-0.25, -0.2) is 0 Å². The van der Waals surface area contributed by atoms with Gasteiger partial charge in [0.15, 0.2) is 6.10 Å². The van der Waals surface area contributed by atoms with Crippen LogP contribution in [0.3, 0.4) is 0 Å². The van der Waals surface area contributed by atoms with Gasteiger partial charge >= 0.3 is 5.97 Å². The van der Waals surface area contributed by atoms with Crippen molar-refractivity contribution in [1.29, 1.82) is 0 Å². The Balaban J connectivity index is 2.52. The van der Waals surface area contributed by atoms with Gasteiger partial charge in [0.25, 0.3) is 5.91 Å². The largest absolute Gasteiger partial charge is 0.452 e. The molecule has 5 heteroatoms. The summed E-state index contributed by atoms with van der Waals surface area (Å²) in [7, 11) is 0. The Labute approximate surface area is 102 Å². The fraction of sp³-hybridized carbons (Fsp3) is 0.273. The summed E-state index contributed by atoms with van der Waals surface area (Å²) in [6.45, 7) is 1.45. The molecule has 0 heterocycles. The molecule has 1 amide bonds. The van der Waals surface area contributed by atoms with Crippen molar-refractivity contribution in [1.82, 2.24) is 0 Å². The van der Waals surface area contributed by atoms with Crippen LogP contribution in [-0.2, 0) is 20.7 Å². The van der Waals surface area contributed by atoms with Crippen molar-refractivity contribution in [3.05, 3.63) is 34.3 Å². The molecule has 0 aliphatic heterocycles. The number of carbonyl (C=O) groups excluding carboxylic acids is 2. The first-order valence-corrected chi connectivity index (χ1v) is 5.51. The van der Waals surface area contributed by atoms with Crippen LogP contribution < -0.4 is 5.73 Å². The number of esters is 1. The summed E-state index contributed by atoms with van der Waals surface area (Å²) in [5.41, 5.74) is 5.80. The highest BCUT2D eigenvalue weighted by atomic mass is 79.9. The van der Waals surface area contributed by atoms with Gasteiger partial charge in [0.05, 0.1) is 6.42 Å². The molecule has 1 rings (SSSR count). The maximum Gasteiger partial charge on any atom is 0.311 e. The lowest BCUT2D eigenvalue weighted by Crippen LogP contribution is -2.30. The summed E-state index contributed by atoms with van der Waals surface area (Å²) in [5, 5.41) is 0. The van der Waals surface area contributed by atoms with E-state index in [9.17, 15) is 9.59 Å². The van der Waals surface area contributed by atoms with Crippen LogP contribution in [0.1, 0.15) is 12.5 Å². The zero-order chi connectivity index (χ0) is 12.1. The van der Waals surface area contributed by atoms with E-state index in [-0.39, 0.29) is 6.42 Å². The van der Waals surface area contributed by atoms with E-state index in [1.54, 1.807) is 12.1 Å². The van der Waals surface area contributed by atoms with Gasteiger partial charge in [-0.05, 0) is 24.6 Å². The van der Waals surface area contributed by atoms with E-state index in [0.717, 1.165) is 10.0 Å². The van der Waals surface area contributed by atoms with Crippen molar-refractivity contribution in [3.8, 4) is 0 Å². The van der Waals surface area contributed by atoms with Crippen molar-refractivity contribution in [3.63, 3.8) is 0 Å². The van der Waals surface area contributed by atoms with Crippen LogP contribution in [0, 0.1) is 0 Å². The van der Waals surface area contributed by atoms with E-state index in [0.29, 0.717) is 0 Å². The number of benzene rings is 1. The second kappa shape index (κ2) is 5.65. The average molecular weight is 286 g/mol. The van der Waals surface area contributed by atoms with Crippen LogP contribution in [-0.4, -0.2) is 18.0 Å². The molecule has 0 aliphatic rings. The van der Waals surface area contributed by atoms with Crippen molar-refractivity contribution >= 4 is 27.8 Å². The smallest absolute Gasteiger partial charge is 0.311 e. The van der Waals surface area contributed by atoms with E-state index in [4.69, 9.17) is 10.5 Å². The highest BCUT2D eigenvalue weighted by Gasteiger charge is 2.14. The third-order valence-corrected chi connectivity index (χ3v) is 2.50. The minimum atomic E-state index is -0.886. The molecular formula is C11H12BrNO3. The lowest BCUT2D eigenvalue weighted by atomic mass is 10.1. The standard InChI is InChI=1S/C11H12BrNO3/c1-7(11(13)15)16-10(14)6-8-2-4-9(12)5-3-8/h2-5,7H,6H2,1H3,(H2,13,15). The molecule has 4 nitrogen and oxygen atoms in total. The molecule has 1 aromatic rings. The summed E-state index contributed by atoms with van der Waals surface area (Å²) in [4.78, 5) is 22.0. The number of nitrogens with two attached hydrogens (primary N) is 1. The third-order valence-electron chi connectivity index (χ3n) is 1.97. The van der Waals surface area contributed by atoms with Gasteiger partial charge in [-0.15, -0.1) is 0 Å². The number of amides is 1. The molecular weight excluding hydrogens is 274 g/mol. The lowest BCUT2D eigenvalue weighted by molar-refractivity contribution is -0.153. The number of halogens is 1. The van der Waals surface area contributed by atoms with Gasteiger partial charge in [0, 0.05) is 4.47 Å². The molecule has 0 fully saturated rings. The molecule has 0 spiro atoms. The van der Waals surface area contributed by atoms with Gasteiger partial charge in [-0.3, -0.25) is 9.59 Å². The molecule has 0 radical (unpaired) electrons. The number of hydrogen-bond donors (Lipinski definition) is 1. The first-order valence-electron chi connectivity index (χ1n) is 4.72. The molecule has 0 saturated carbocycles. The Bertz CT molecular complexity index is 389. The molecule has 0 bridgehead atoms. The highest BCUT2D eigenvalue weighted by Crippen LogP contribution is 2.11. The van der Waals surface area contributed by atoms with Crippen LogP contribution in [0.15, 0.2) is 28.7 Å². The van der Waals surface area contributed by atoms with Crippen molar-refractivity contribution in [2.75, 3.05) is 0 Å². The number of carbonyl (C=O) groups is 2. The molecule has 1 aromatic carbocycles. The minimum Gasteiger partial charge on any atom is -0.452 e. The molecule has 86 valence electrons. The molecule has 2 N–H and O–H groups in total. The maximum absolute atomic E-state index is 11.4. The van der Waals surface area contributed by atoms with Crippen LogP contribution in [0.4, 0.5) is 0 Å². The predicted molar refractivity (Wildman–Crippen MR) is 62.6 cm³/mol. The lowest BCUT2D eigenvalue weighted by Gasteiger charge is -2.09. The first-order chi connectivity index (χ1) is 7.49. The van der Waals surface area contributed by atoms with Gasteiger partial charge in [-0.1, -0.05) is 28.1 Å². The fourth-order valence-corrected chi connectivity index (χ4v) is 1.33. The Morgan fingerprint density at radius 1 is 1.38 bits per heavy atom. The maximum atomic E-state index is 11.4. The first kappa shape index (κ1) is 12.7. The van der Waals surface area contributed by atoms with Gasteiger partial charge < -0.3 is 10.5 Å². The van der Waals surface area contributed by atoms with Crippen molar-refractivity contribution < 1.29 is 14.3 Å². The van der Waals surface area contributed by atoms with Gasteiger partial charge in [0.1, 0.15) is 0 Å². The van der Waals surface area contributed by atoms with E-state index in [1.165, 1.54) is 6.92 Å². The van der Waals surface area contributed by atoms with Crippen LogP contribution in [0.25, 0.3) is 0 Å². The summed E-state index contributed by atoms with van der Waals surface area (Å²) >= 11 is 3.29. The monoisotopic (exact) mass is 285 g/mol. The molecule has 16 heavy (non-hydrogen) atoms. The summed E-state index contributed by atoms with van der Waals surface area (Å²) in [6.07, 6.45) is -0.756. The van der Waals surface area contributed by atoms with E-state index < -0.39 is 18.0 Å². The predicted octanol–water partition coefficient (Wildman–Crippen LogP) is 1.41. The van der Waals surface area contributed by atoms with Crippen molar-refractivity contribution in [2.24, 2.45) is 5.73 Å². The van der Waals surface area contributed by atoms with Crippen LogP contribution in [0.2, 0.25) is 0 Å². The molecule has 0 saturated heterocycles. The minimum absolute atomic E-state index is 0.130. The Morgan fingerprint density at radius 3 is 2.44 bits per heavy atom. The third kappa shape index (κ3) is 4.02. The Morgan fingerprint density at radius 2 is 1.94 bits per heavy atom. The van der Waals surface area contributed by atoms with E-state index >= 15 is 0 Å². The van der Waals surface area contributed by atoms with Crippen LogP contribution >= 0.6 is 15.9 Å². The Kier molecular flexibility index (Phi) is 4.49. The second-order valence-corrected chi connectivity index (χ2v) is 4.25. The summed E-state index contributed by atoms with van der Waals surface area (Å²) in [5.74, 6) is -1.11. The summed E-state index contributed by atoms with van der Waals surface area (Å²) < 4.78 is 5.76. The average Bonchev–Trinajstić information content (AvgIpc) is 2.21. The highest BCUT2D eigenvalue weighted by molar-refractivity contribution is 9.10. The number of primary amides is 1. The van der Waals surface area contributed by atoms with Crippen molar-refractivity contribution in [2.45, 2.75) is 19.4 Å². The zero-order valence-corrected chi connectivity index (χ0v) is 10.4. The SMILES string of the molecule is CC(OC(=O)Cc1ccc(Br)cc1)C(N)=O. The molecule has 0 aliphatic carbocycles.